The number of aliphatic hydroxyl groups excluding tert-OH is 1. The number of benzene rings is 1. The third-order valence-electron chi connectivity index (χ3n) is 2.62. The molecule has 0 aliphatic carbocycles. The van der Waals surface area contributed by atoms with Crippen molar-refractivity contribution in [3.8, 4) is 5.75 Å². The van der Waals surface area contributed by atoms with E-state index in [4.69, 9.17) is 9.84 Å². The van der Waals surface area contributed by atoms with E-state index in [1.54, 1.807) is 11.8 Å². The average molecular weight is 242 g/mol. The van der Waals surface area contributed by atoms with Gasteiger partial charge in [-0.1, -0.05) is 6.92 Å². The molecule has 0 fully saturated rings. The SMILES string of the molecule is CCSc1cc(F)cc2c1OC(CO)CC2. The molecule has 1 unspecified atom stereocenters. The molecule has 0 aromatic heterocycles. The van der Waals surface area contributed by atoms with E-state index < -0.39 is 0 Å². The van der Waals surface area contributed by atoms with Gasteiger partial charge in [-0.05, 0) is 36.3 Å². The van der Waals surface area contributed by atoms with Crippen molar-refractivity contribution in [3.05, 3.63) is 23.5 Å². The fraction of sp³-hybridized carbons (Fsp3) is 0.500. The zero-order valence-electron chi connectivity index (χ0n) is 9.20. The first kappa shape index (κ1) is 11.7. The lowest BCUT2D eigenvalue weighted by Crippen LogP contribution is -2.26. The van der Waals surface area contributed by atoms with E-state index in [0.29, 0.717) is 0 Å². The Morgan fingerprint density at radius 3 is 3.06 bits per heavy atom. The second-order valence-electron chi connectivity index (χ2n) is 3.79. The van der Waals surface area contributed by atoms with Gasteiger partial charge in [0, 0.05) is 0 Å². The second-order valence-corrected chi connectivity index (χ2v) is 5.09. The molecule has 1 atom stereocenters. The molecule has 1 aliphatic rings. The Morgan fingerprint density at radius 2 is 2.38 bits per heavy atom. The zero-order chi connectivity index (χ0) is 11.5. The van der Waals surface area contributed by atoms with Crippen LogP contribution in [-0.4, -0.2) is 23.6 Å². The molecule has 1 heterocycles. The molecule has 1 aromatic rings. The van der Waals surface area contributed by atoms with E-state index in [0.717, 1.165) is 34.8 Å². The third-order valence-corrected chi connectivity index (χ3v) is 3.52. The Kier molecular flexibility index (Phi) is 3.71. The number of hydrogen-bond acceptors (Lipinski definition) is 3. The summed E-state index contributed by atoms with van der Waals surface area (Å²) in [4.78, 5) is 0.843. The van der Waals surface area contributed by atoms with Gasteiger partial charge in [0.15, 0.2) is 0 Å². The summed E-state index contributed by atoms with van der Waals surface area (Å²) >= 11 is 1.57. The maximum atomic E-state index is 13.3. The third kappa shape index (κ3) is 2.33. The predicted octanol–water partition coefficient (Wildman–Crippen LogP) is 2.62. The van der Waals surface area contributed by atoms with E-state index in [1.165, 1.54) is 12.1 Å². The van der Waals surface area contributed by atoms with Crippen molar-refractivity contribution < 1.29 is 14.2 Å². The summed E-state index contributed by atoms with van der Waals surface area (Å²) in [5, 5.41) is 9.09. The highest BCUT2D eigenvalue weighted by atomic mass is 32.2. The van der Waals surface area contributed by atoms with Crippen LogP contribution in [0.15, 0.2) is 17.0 Å². The van der Waals surface area contributed by atoms with Crippen LogP contribution in [-0.2, 0) is 6.42 Å². The molecular weight excluding hydrogens is 227 g/mol. The normalized spacial score (nSPS) is 19.1. The molecule has 88 valence electrons. The van der Waals surface area contributed by atoms with Crippen LogP contribution >= 0.6 is 11.8 Å². The van der Waals surface area contributed by atoms with Crippen LogP contribution in [0.5, 0.6) is 5.75 Å². The first-order valence-electron chi connectivity index (χ1n) is 5.47. The summed E-state index contributed by atoms with van der Waals surface area (Å²) in [6.45, 7) is 2.04. The monoisotopic (exact) mass is 242 g/mol. The summed E-state index contributed by atoms with van der Waals surface area (Å²) in [5.41, 5.74) is 0.917. The van der Waals surface area contributed by atoms with Gasteiger partial charge >= 0.3 is 0 Å². The highest BCUT2D eigenvalue weighted by Gasteiger charge is 2.22. The zero-order valence-corrected chi connectivity index (χ0v) is 10.0. The van der Waals surface area contributed by atoms with Crippen molar-refractivity contribution in [2.75, 3.05) is 12.4 Å². The molecule has 0 saturated carbocycles. The quantitative estimate of drug-likeness (QED) is 0.826. The maximum Gasteiger partial charge on any atom is 0.136 e. The predicted molar refractivity (Wildman–Crippen MR) is 62.6 cm³/mol. The summed E-state index contributed by atoms with van der Waals surface area (Å²) in [7, 11) is 0. The van der Waals surface area contributed by atoms with Gasteiger partial charge < -0.3 is 9.84 Å². The van der Waals surface area contributed by atoms with Gasteiger partial charge in [-0.2, -0.15) is 0 Å². The van der Waals surface area contributed by atoms with Crippen LogP contribution < -0.4 is 4.74 Å². The highest BCUT2D eigenvalue weighted by molar-refractivity contribution is 7.99. The van der Waals surface area contributed by atoms with Gasteiger partial charge in [0.25, 0.3) is 0 Å². The molecule has 0 radical (unpaired) electrons. The number of ether oxygens (including phenoxy) is 1. The molecular formula is C12H15FO2S. The van der Waals surface area contributed by atoms with Crippen molar-refractivity contribution in [2.45, 2.75) is 30.8 Å². The van der Waals surface area contributed by atoms with Crippen LogP contribution in [0.3, 0.4) is 0 Å². The van der Waals surface area contributed by atoms with E-state index in [1.807, 2.05) is 6.92 Å². The number of halogens is 1. The number of hydrogen-bond donors (Lipinski definition) is 1. The molecule has 1 aromatic carbocycles. The van der Waals surface area contributed by atoms with Crippen molar-refractivity contribution in [3.63, 3.8) is 0 Å². The van der Waals surface area contributed by atoms with Crippen LogP contribution in [0.2, 0.25) is 0 Å². The number of aliphatic hydroxyl groups is 1. The van der Waals surface area contributed by atoms with Crippen LogP contribution in [0.1, 0.15) is 18.9 Å². The summed E-state index contributed by atoms with van der Waals surface area (Å²) in [6, 6.07) is 3.04. The fourth-order valence-corrected chi connectivity index (χ4v) is 2.69. The van der Waals surface area contributed by atoms with E-state index in [-0.39, 0.29) is 18.5 Å². The van der Waals surface area contributed by atoms with Gasteiger partial charge in [0.1, 0.15) is 17.7 Å². The number of fused-ring (bicyclic) bond motifs is 1. The maximum absolute atomic E-state index is 13.3. The van der Waals surface area contributed by atoms with Crippen molar-refractivity contribution in [1.29, 1.82) is 0 Å². The fourth-order valence-electron chi connectivity index (χ4n) is 1.88. The Morgan fingerprint density at radius 1 is 1.56 bits per heavy atom. The minimum atomic E-state index is -0.208. The van der Waals surface area contributed by atoms with E-state index >= 15 is 0 Å². The Labute approximate surface area is 98.8 Å². The minimum Gasteiger partial charge on any atom is -0.487 e. The first-order valence-corrected chi connectivity index (χ1v) is 6.46. The minimum absolute atomic E-state index is 0.0209. The number of thioether (sulfide) groups is 1. The lowest BCUT2D eigenvalue weighted by molar-refractivity contribution is 0.0947. The van der Waals surface area contributed by atoms with E-state index in [9.17, 15) is 4.39 Å². The molecule has 16 heavy (non-hydrogen) atoms. The largest absolute Gasteiger partial charge is 0.487 e. The summed E-state index contributed by atoms with van der Waals surface area (Å²) < 4.78 is 19.0. The van der Waals surface area contributed by atoms with Gasteiger partial charge in [-0.3, -0.25) is 0 Å². The molecule has 2 rings (SSSR count). The lowest BCUT2D eigenvalue weighted by Gasteiger charge is -2.26. The van der Waals surface area contributed by atoms with Crippen LogP contribution in [0.25, 0.3) is 0 Å². The topological polar surface area (TPSA) is 29.5 Å². The van der Waals surface area contributed by atoms with Crippen molar-refractivity contribution in [1.82, 2.24) is 0 Å². The van der Waals surface area contributed by atoms with Gasteiger partial charge in [0.2, 0.25) is 0 Å². The van der Waals surface area contributed by atoms with Crippen molar-refractivity contribution in [2.24, 2.45) is 0 Å². The van der Waals surface area contributed by atoms with Gasteiger partial charge in [-0.15, -0.1) is 11.8 Å². The van der Waals surface area contributed by atoms with Crippen LogP contribution in [0, 0.1) is 5.82 Å². The average Bonchev–Trinajstić information content (AvgIpc) is 2.29. The molecule has 0 bridgehead atoms. The Balaban J connectivity index is 2.35. The molecule has 4 heteroatoms. The van der Waals surface area contributed by atoms with Gasteiger partial charge in [0.05, 0.1) is 11.5 Å². The molecule has 1 N–H and O–H groups in total. The molecule has 0 spiro atoms. The smallest absolute Gasteiger partial charge is 0.136 e. The molecule has 0 saturated heterocycles. The lowest BCUT2D eigenvalue weighted by atomic mass is 10.0. The van der Waals surface area contributed by atoms with Crippen LogP contribution in [0.4, 0.5) is 4.39 Å². The van der Waals surface area contributed by atoms with Gasteiger partial charge in [-0.25, -0.2) is 4.39 Å². The van der Waals surface area contributed by atoms with Crippen molar-refractivity contribution >= 4 is 11.8 Å². The Bertz CT molecular complexity index is 382. The standard InChI is InChI=1S/C12H15FO2S/c1-2-16-11-6-9(13)5-8-3-4-10(7-14)15-12(8)11/h5-6,10,14H,2-4,7H2,1H3. The molecule has 2 nitrogen and oxygen atoms in total. The molecule has 0 amide bonds. The second kappa shape index (κ2) is 5.06. The molecule has 1 aliphatic heterocycles. The summed E-state index contributed by atoms with van der Waals surface area (Å²) in [6.07, 6.45) is 1.38. The number of aryl methyl sites for hydroxylation is 1. The number of rotatable bonds is 3. The Hall–Kier alpha value is -0.740. The highest BCUT2D eigenvalue weighted by Crippen LogP contribution is 2.37. The van der Waals surface area contributed by atoms with E-state index in [2.05, 4.69) is 0 Å². The first-order chi connectivity index (χ1) is 7.74. The summed E-state index contributed by atoms with van der Waals surface area (Å²) in [5.74, 6) is 1.43.